The van der Waals surface area contributed by atoms with E-state index in [-0.39, 0.29) is 18.7 Å². The van der Waals surface area contributed by atoms with Crippen LogP contribution in [0.15, 0.2) is 103 Å². The van der Waals surface area contributed by atoms with Crippen molar-refractivity contribution in [1.82, 2.24) is 0 Å². The van der Waals surface area contributed by atoms with Crippen molar-refractivity contribution >= 4 is 27.3 Å². The molecular weight excluding hydrogens is 495 g/mol. The van der Waals surface area contributed by atoms with Gasteiger partial charge in [-0.25, -0.2) is 12.8 Å². The molecule has 0 radical (unpaired) electrons. The molecule has 4 aromatic carbocycles. The first-order valence-corrected chi connectivity index (χ1v) is 13.2. The summed E-state index contributed by atoms with van der Waals surface area (Å²) in [5, 5.41) is 2.77. The fourth-order valence-electron chi connectivity index (χ4n) is 3.50. The van der Waals surface area contributed by atoms with E-state index in [1.54, 1.807) is 48.5 Å². The molecule has 0 heterocycles. The molecular formula is C28H25FN2O5S. The van der Waals surface area contributed by atoms with E-state index in [1.165, 1.54) is 24.3 Å². The van der Waals surface area contributed by atoms with Gasteiger partial charge in [0.15, 0.2) is 12.4 Å². The smallest absolute Gasteiger partial charge is 0.262 e. The SMILES string of the molecule is CS(=O)(=O)N(Cc1ccccc1F)c1ccc(OCC(=O)Nc2ccccc2Oc2ccccc2)cc1. The maximum Gasteiger partial charge on any atom is 0.262 e. The molecule has 7 nitrogen and oxygen atoms in total. The molecule has 0 unspecified atom stereocenters. The largest absolute Gasteiger partial charge is 0.484 e. The Balaban J connectivity index is 1.39. The highest BCUT2D eigenvalue weighted by atomic mass is 32.2. The monoisotopic (exact) mass is 520 g/mol. The number of nitrogens with zero attached hydrogens (tertiary/aromatic N) is 1. The minimum atomic E-state index is -3.68. The normalized spacial score (nSPS) is 11.0. The first-order valence-electron chi connectivity index (χ1n) is 11.4. The van der Waals surface area contributed by atoms with Gasteiger partial charge < -0.3 is 14.8 Å². The van der Waals surface area contributed by atoms with Crippen molar-refractivity contribution in [2.24, 2.45) is 0 Å². The third kappa shape index (κ3) is 7.08. The van der Waals surface area contributed by atoms with E-state index < -0.39 is 21.7 Å². The van der Waals surface area contributed by atoms with Crippen LogP contribution in [0.2, 0.25) is 0 Å². The van der Waals surface area contributed by atoms with Crippen molar-refractivity contribution in [3.05, 3.63) is 115 Å². The Kier molecular flexibility index (Phi) is 8.05. The molecule has 1 amide bonds. The Morgan fingerprint density at radius 2 is 1.49 bits per heavy atom. The lowest BCUT2D eigenvalue weighted by atomic mass is 10.2. The van der Waals surface area contributed by atoms with Gasteiger partial charge in [0.05, 0.1) is 24.2 Å². The standard InChI is InChI=1S/C28H25FN2O5S/c1-37(33,34)31(19-21-9-5-6-12-25(21)29)22-15-17-23(18-16-22)35-20-28(32)30-26-13-7-8-14-27(26)36-24-10-3-2-4-11-24/h2-18H,19-20H2,1H3,(H,30,32). The summed E-state index contributed by atoms with van der Waals surface area (Å²) in [6.07, 6.45) is 1.06. The van der Waals surface area contributed by atoms with Crippen molar-refractivity contribution in [2.75, 3.05) is 22.5 Å². The molecule has 0 aliphatic carbocycles. The molecule has 0 aliphatic heterocycles. The van der Waals surface area contributed by atoms with Gasteiger partial charge in [0.2, 0.25) is 10.0 Å². The molecule has 4 rings (SSSR count). The number of benzene rings is 4. The Hall–Kier alpha value is -4.37. The topological polar surface area (TPSA) is 84.9 Å². The van der Waals surface area contributed by atoms with Crippen LogP contribution >= 0.6 is 0 Å². The van der Waals surface area contributed by atoms with Crippen molar-refractivity contribution in [1.29, 1.82) is 0 Å². The fraction of sp³-hybridized carbons (Fsp3) is 0.107. The number of ether oxygens (including phenoxy) is 2. The van der Waals surface area contributed by atoms with Crippen LogP contribution in [-0.4, -0.2) is 27.2 Å². The first-order chi connectivity index (χ1) is 17.8. The summed E-state index contributed by atoms with van der Waals surface area (Å²) in [6.45, 7) is -0.428. The summed E-state index contributed by atoms with van der Waals surface area (Å²) >= 11 is 0. The molecule has 0 aromatic heterocycles. The van der Waals surface area contributed by atoms with Gasteiger partial charge in [-0.2, -0.15) is 0 Å². The van der Waals surface area contributed by atoms with Crippen LogP contribution in [0.25, 0.3) is 0 Å². The number of halogens is 1. The summed E-state index contributed by atoms with van der Waals surface area (Å²) in [5.74, 6) is 0.608. The van der Waals surface area contributed by atoms with Gasteiger partial charge in [-0.05, 0) is 54.6 Å². The highest BCUT2D eigenvalue weighted by Crippen LogP contribution is 2.29. The van der Waals surface area contributed by atoms with Crippen molar-refractivity contribution in [2.45, 2.75) is 6.54 Å². The molecule has 0 saturated heterocycles. The Bertz CT molecular complexity index is 1460. The van der Waals surface area contributed by atoms with Crippen LogP contribution in [0.4, 0.5) is 15.8 Å². The van der Waals surface area contributed by atoms with Gasteiger partial charge in [0, 0.05) is 5.56 Å². The summed E-state index contributed by atoms with van der Waals surface area (Å²) in [6, 6.07) is 28.4. The maximum atomic E-state index is 14.1. The van der Waals surface area contributed by atoms with E-state index >= 15 is 0 Å². The lowest BCUT2D eigenvalue weighted by Crippen LogP contribution is -2.29. The van der Waals surface area contributed by atoms with Gasteiger partial charge in [0.25, 0.3) is 5.91 Å². The molecule has 0 bridgehead atoms. The summed E-state index contributed by atoms with van der Waals surface area (Å²) in [7, 11) is -3.68. The van der Waals surface area contributed by atoms with Crippen LogP contribution in [0.5, 0.6) is 17.2 Å². The lowest BCUT2D eigenvalue weighted by Gasteiger charge is -2.23. The zero-order valence-electron chi connectivity index (χ0n) is 20.0. The number of hydrogen-bond donors (Lipinski definition) is 1. The van der Waals surface area contributed by atoms with Gasteiger partial charge >= 0.3 is 0 Å². The predicted octanol–water partition coefficient (Wildman–Crippen LogP) is 5.60. The fourth-order valence-corrected chi connectivity index (χ4v) is 4.38. The molecule has 0 atom stereocenters. The second-order valence-electron chi connectivity index (χ2n) is 8.10. The number of carbonyl (C=O) groups excluding carboxylic acids is 1. The molecule has 9 heteroatoms. The van der Waals surface area contributed by atoms with E-state index in [0.717, 1.165) is 10.6 Å². The lowest BCUT2D eigenvalue weighted by molar-refractivity contribution is -0.118. The number of nitrogens with one attached hydrogen (secondary N) is 1. The van der Waals surface area contributed by atoms with Crippen LogP contribution in [0.3, 0.4) is 0 Å². The molecule has 190 valence electrons. The van der Waals surface area contributed by atoms with E-state index in [9.17, 15) is 17.6 Å². The second kappa shape index (κ2) is 11.6. The van der Waals surface area contributed by atoms with E-state index in [2.05, 4.69) is 5.32 Å². The van der Waals surface area contributed by atoms with Crippen LogP contribution in [-0.2, 0) is 21.4 Å². The predicted molar refractivity (Wildman–Crippen MR) is 141 cm³/mol. The zero-order chi connectivity index (χ0) is 26.3. The van der Waals surface area contributed by atoms with Crippen molar-refractivity contribution < 1.29 is 27.1 Å². The van der Waals surface area contributed by atoms with E-state index in [4.69, 9.17) is 9.47 Å². The Morgan fingerprint density at radius 1 is 0.838 bits per heavy atom. The summed E-state index contributed by atoms with van der Waals surface area (Å²) in [5.41, 5.74) is 1.09. The summed E-state index contributed by atoms with van der Waals surface area (Å²) < 4.78 is 51.4. The number of hydrogen-bond acceptors (Lipinski definition) is 5. The highest BCUT2D eigenvalue weighted by Gasteiger charge is 2.19. The van der Waals surface area contributed by atoms with E-state index in [1.807, 2.05) is 30.3 Å². The Morgan fingerprint density at radius 3 is 2.19 bits per heavy atom. The third-order valence-electron chi connectivity index (χ3n) is 5.30. The zero-order valence-corrected chi connectivity index (χ0v) is 20.8. The minimum absolute atomic E-state index is 0.154. The molecule has 37 heavy (non-hydrogen) atoms. The quantitative estimate of drug-likeness (QED) is 0.294. The van der Waals surface area contributed by atoms with E-state index in [0.29, 0.717) is 28.6 Å². The number of sulfonamides is 1. The second-order valence-corrected chi connectivity index (χ2v) is 10.0. The van der Waals surface area contributed by atoms with Gasteiger partial charge in [-0.15, -0.1) is 0 Å². The number of carbonyl (C=O) groups is 1. The average Bonchev–Trinajstić information content (AvgIpc) is 2.88. The number of rotatable bonds is 10. The highest BCUT2D eigenvalue weighted by molar-refractivity contribution is 7.92. The van der Waals surface area contributed by atoms with Crippen LogP contribution in [0.1, 0.15) is 5.56 Å². The molecule has 0 fully saturated rings. The third-order valence-corrected chi connectivity index (χ3v) is 6.44. The van der Waals surface area contributed by atoms with Gasteiger partial charge in [-0.1, -0.05) is 48.5 Å². The number of amides is 1. The molecule has 4 aromatic rings. The summed E-state index contributed by atoms with van der Waals surface area (Å²) in [4.78, 5) is 12.5. The maximum absolute atomic E-state index is 14.1. The van der Waals surface area contributed by atoms with Crippen molar-refractivity contribution in [3.8, 4) is 17.2 Å². The minimum Gasteiger partial charge on any atom is -0.484 e. The first kappa shape index (κ1) is 25.7. The Labute approximate surface area is 215 Å². The van der Waals surface area contributed by atoms with Gasteiger partial charge in [-0.3, -0.25) is 9.10 Å². The molecule has 1 N–H and O–H groups in total. The number of para-hydroxylation sites is 3. The molecule has 0 spiro atoms. The number of anilines is 2. The molecule has 0 aliphatic rings. The molecule has 0 saturated carbocycles. The average molecular weight is 521 g/mol. The van der Waals surface area contributed by atoms with Crippen LogP contribution < -0.4 is 19.1 Å². The van der Waals surface area contributed by atoms with Crippen LogP contribution in [0, 0.1) is 5.82 Å². The van der Waals surface area contributed by atoms with Gasteiger partial charge in [0.1, 0.15) is 17.3 Å². The van der Waals surface area contributed by atoms with Crippen molar-refractivity contribution in [3.63, 3.8) is 0 Å².